The molecule has 0 spiro atoms. The lowest BCUT2D eigenvalue weighted by atomic mass is 10.3. The van der Waals surface area contributed by atoms with Crippen molar-refractivity contribution < 1.29 is 0 Å². The number of thiophene rings is 1. The fourth-order valence-electron chi connectivity index (χ4n) is 2.17. The van der Waals surface area contributed by atoms with E-state index in [2.05, 4.69) is 32.4 Å². The van der Waals surface area contributed by atoms with Gasteiger partial charge < -0.3 is 10.6 Å². The Morgan fingerprint density at radius 2 is 2.29 bits per heavy atom. The molecule has 1 aliphatic carbocycles. The van der Waals surface area contributed by atoms with Crippen molar-refractivity contribution in [2.75, 3.05) is 13.6 Å². The summed E-state index contributed by atoms with van der Waals surface area (Å²) in [5.41, 5.74) is 7.08. The summed E-state index contributed by atoms with van der Waals surface area (Å²) in [6, 6.07) is 4.94. The van der Waals surface area contributed by atoms with Gasteiger partial charge in [0.25, 0.3) is 0 Å². The molecular weight excluding hydrogens is 300 g/mol. The summed E-state index contributed by atoms with van der Waals surface area (Å²) in [5, 5.41) is 3.23. The normalized spacial score (nSPS) is 15.4. The smallest absolute Gasteiger partial charge is 0.191 e. The molecule has 2 aromatic heterocycles. The number of aromatic nitrogens is 1. The Bertz CT molecular complexity index is 640. The number of aliphatic imine (C=N–C) groups is 1. The zero-order valence-electron chi connectivity index (χ0n) is 12.4. The van der Waals surface area contributed by atoms with Crippen LogP contribution >= 0.6 is 22.7 Å². The molecular formula is C15H20N4S2. The number of guanidine groups is 1. The highest BCUT2D eigenvalue weighted by Gasteiger charge is 2.27. The lowest BCUT2D eigenvalue weighted by molar-refractivity contribution is 0.487. The molecule has 0 saturated heterocycles. The van der Waals surface area contributed by atoms with E-state index in [9.17, 15) is 0 Å². The standard InChI is InChI=1S/C15H20N4S2/c1-10-18-13(9-20-10)14-6-5-12(21-14)7-8-17-15(16)19(2)11-3-4-11/h5-6,9,11H,3-4,7-8H2,1-2H3,(H2,16,17). The first-order valence-corrected chi connectivity index (χ1v) is 8.87. The number of hydrogen-bond acceptors (Lipinski definition) is 4. The number of nitrogens with zero attached hydrogens (tertiary/aromatic N) is 3. The molecule has 2 N–H and O–H groups in total. The molecule has 21 heavy (non-hydrogen) atoms. The predicted molar refractivity (Wildman–Crippen MR) is 91.1 cm³/mol. The SMILES string of the molecule is Cc1nc(-c2ccc(CCN=C(N)N(C)C3CC3)s2)cs1. The average molecular weight is 320 g/mol. The monoisotopic (exact) mass is 320 g/mol. The van der Waals surface area contributed by atoms with E-state index in [0.717, 1.165) is 23.7 Å². The second kappa shape index (κ2) is 6.15. The minimum absolute atomic E-state index is 0.620. The molecule has 2 aromatic rings. The van der Waals surface area contributed by atoms with E-state index in [0.29, 0.717) is 12.0 Å². The summed E-state index contributed by atoms with van der Waals surface area (Å²) in [7, 11) is 2.03. The summed E-state index contributed by atoms with van der Waals surface area (Å²) in [6.45, 7) is 2.79. The zero-order chi connectivity index (χ0) is 14.8. The van der Waals surface area contributed by atoms with Crippen LogP contribution in [-0.4, -0.2) is 35.5 Å². The Balaban J connectivity index is 1.56. The first kappa shape index (κ1) is 14.5. The van der Waals surface area contributed by atoms with Gasteiger partial charge in [-0.2, -0.15) is 0 Å². The number of nitrogens with two attached hydrogens (primary N) is 1. The van der Waals surface area contributed by atoms with Gasteiger partial charge in [0.2, 0.25) is 0 Å². The Morgan fingerprint density at radius 3 is 2.95 bits per heavy atom. The van der Waals surface area contributed by atoms with Crippen molar-refractivity contribution in [1.82, 2.24) is 9.88 Å². The zero-order valence-corrected chi connectivity index (χ0v) is 14.0. The maximum absolute atomic E-state index is 5.99. The molecule has 112 valence electrons. The molecule has 0 amide bonds. The maximum atomic E-state index is 5.99. The van der Waals surface area contributed by atoms with Crippen molar-refractivity contribution in [1.29, 1.82) is 0 Å². The van der Waals surface area contributed by atoms with Gasteiger partial charge in [0.15, 0.2) is 5.96 Å². The number of rotatable bonds is 5. The Morgan fingerprint density at radius 1 is 1.48 bits per heavy atom. The van der Waals surface area contributed by atoms with Crippen molar-refractivity contribution in [3.63, 3.8) is 0 Å². The van der Waals surface area contributed by atoms with Crippen LogP contribution in [0.5, 0.6) is 0 Å². The van der Waals surface area contributed by atoms with Crippen LogP contribution in [0.2, 0.25) is 0 Å². The van der Waals surface area contributed by atoms with Crippen LogP contribution in [0.3, 0.4) is 0 Å². The van der Waals surface area contributed by atoms with Gasteiger partial charge >= 0.3 is 0 Å². The maximum Gasteiger partial charge on any atom is 0.191 e. The van der Waals surface area contributed by atoms with Crippen LogP contribution in [-0.2, 0) is 6.42 Å². The van der Waals surface area contributed by atoms with Gasteiger partial charge in [0.1, 0.15) is 0 Å². The lowest BCUT2D eigenvalue weighted by Gasteiger charge is -2.16. The van der Waals surface area contributed by atoms with Crippen LogP contribution in [0.1, 0.15) is 22.7 Å². The van der Waals surface area contributed by atoms with Crippen LogP contribution in [0.15, 0.2) is 22.5 Å². The molecule has 1 aliphatic rings. The summed E-state index contributed by atoms with van der Waals surface area (Å²) in [5.74, 6) is 0.671. The lowest BCUT2D eigenvalue weighted by Crippen LogP contribution is -2.35. The van der Waals surface area contributed by atoms with Gasteiger partial charge in [-0.05, 0) is 31.9 Å². The Labute approximate surface area is 133 Å². The molecule has 1 saturated carbocycles. The largest absolute Gasteiger partial charge is 0.370 e. The second-order valence-corrected chi connectivity index (χ2v) is 7.58. The van der Waals surface area contributed by atoms with Crippen molar-refractivity contribution >= 4 is 28.6 Å². The van der Waals surface area contributed by atoms with E-state index < -0.39 is 0 Å². The van der Waals surface area contributed by atoms with Crippen LogP contribution in [0.25, 0.3) is 10.6 Å². The van der Waals surface area contributed by atoms with E-state index in [4.69, 9.17) is 5.73 Å². The van der Waals surface area contributed by atoms with Crippen LogP contribution in [0, 0.1) is 6.92 Å². The molecule has 1 fully saturated rings. The number of thiazole rings is 1. The van der Waals surface area contributed by atoms with Gasteiger partial charge in [0.05, 0.1) is 15.6 Å². The summed E-state index contributed by atoms with van der Waals surface area (Å²) in [4.78, 5) is 13.7. The molecule has 0 bridgehead atoms. The van der Waals surface area contributed by atoms with Gasteiger partial charge in [-0.3, -0.25) is 4.99 Å². The fraction of sp³-hybridized carbons (Fsp3) is 0.467. The number of aryl methyl sites for hydroxylation is 1. The molecule has 4 nitrogen and oxygen atoms in total. The van der Waals surface area contributed by atoms with Crippen molar-refractivity contribution in [2.24, 2.45) is 10.7 Å². The fourth-order valence-corrected chi connectivity index (χ4v) is 3.81. The van der Waals surface area contributed by atoms with E-state index in [1.165, 1.54) is 22.6 Å². The van der Waals surface area contributed by atoms with Crippen LogP contribution in [0.4, 0.5) is 0 Å². The highest BCUT2D eigenvalue weighted by molar-refractivity contribution is 7.16. The minimum atomic E-state index is 0.620. The quantitative estimate of drug-likeness (QED) is 0.680. The molecule has 0 radical (unpaired) electrons. The third kappa shape index (κ3) is 3.63. The van der Waals surface area contributed by atoms with Crippen molar-refractivity contribution in [3.8, 4) is 10.6 Å². The molecule has 2 heterocycles. The van der Waals surface area contributed by atoms with Gasteiger partial charge in [-0.15, -0.1) is 22.7 Å². The van der Waals surface area contributed by atoms with Gasteiger partial charge in [0, 0.05) is 36.3 Å². The van der Waals surface area contributed by atoms with E-state index in [-0.39, 0.29) is 0 Å². The molecule has 0 aliphatic heterocycles. The second-order valence-electron chi connectivity index (χ2n) is 5.35. The third-order valence-corrected chi connectivity index (χ3v) is 5.56. The summed E-state index contributed by atoms with van der Waals surface area (Å²) in [6.07, 6.45) is 3.43. The average Bonchev–Trinajstić information content (AvgIpc) is 3.06. The molecule has 3 rings (SSSR count). The van der Waals surface area contributed by atoms with Gasteiger partial charge in [-0.25, -0.2) is 4.98 Å². The molecule has 0 unspecified atom stereocenters. The molecule has 0 atom stereocenters. The Hall–Kier alpha value is -1.40. The highest BCUT2D eigenvalue weighted by Crippen LogP contribution is 2.29. The van der Waals surface area contributed by atoms with Crippen molar-refractivity contribution in [3.05, 3.63) is 27.4 Å². The predicted octanol–water partition coefficient (Wildman–Crippen LogP) is 3.13. The van der Waals surface area contributed by atoms with Crippen molar-refractivity contribution in [2.45, 2.75) is 32.2 Å². The van der Waals surface area contributed by atoms with Crippen LogP contribution < -0.4 is 5.73 Å². The van der Waals surface area contributed by atoms with E-state index >= 15 is 0 Å². The summed E-state index contributed by atoms with van der Waals surface area (Å²) < 4.78 is 0. The molecule has 0 aromatic carbocycles. The summed E-state index contributed by atoms with van der Waals surface area (Å²) >= 11 is 3.49. The Kier molecular flexibility index (Phi) is 4.26. The third-order valence-electron chi connectivity index (χ3n) is 3.62. The van der Waals surface area contributed by atoms with Gasteiger partial charge in [-0.1, -0.05) is 0 Å². The van der Waals surface area contributed by atoms with E-state index in [1.807, 2.05) is 14.0 Å². The van der Waals surface area contributed by atoms with E-state index in [1.54, 1.807) is 22.7 Å². The first-order chi connectivity index (χ1) is 10.1. The highest BCUT2D eigenvalue weighted by atomic mass is 32.1. The minimum Gasteiger partial charge on any atom is -0.370 e. The topological polar surface area (TPSA) is 54.5 Å². The molecule has 6 heteroatoms. The first-order valence-electron chi connectivity index (χ1n) is 7.17. The number of hydrogen-bond donors (Lipinski definition) is 1.